The maximum absolute atomic E-state index is 12.4. The lowest BCUT2D eigenvalue weighted by Gasteiger charge is -2.58. The van der Waals surface area contributed by atoms with Crippen LogP contribution in [0.5, 0.6) is 0 Å². The van der Waals surface area contributed by atoms with Crippen molar-refractivity contribution >= 4 is 28.6 Å². The van der Waals surface area contributed by atoms with Crippen molar-refractivity contribution in [2.75, 3.05) is 0 Å². The molecule has 0 aromatic rings. The van der Waals surface area contributed by atoms with Gasteiger partial charge in [0, 0.05) is 0 Å². The summed E-state index contributed by atoms with van der Waals surface area (Å²) < 4.78 is 5.58. The maximum Gasteiger partial charge on any atom is 0.322 e. The fourth-order valence-corrected chi connectivity index (χ4v) is 4.61. The van der Waals surface area contributed by atoms with E-state index in [9.17, 15) is 9.90 Å². The van der Waals surface area contributed by atoms with Crippen LogP contribution in [0.1, 0.15) is 52.4 Å². The third-order valence-corrected chi connectivity index (χ3v) is 6.77. The lowest BCUT2D eigenvalue weighted by atomic mass is 9.53. The Balaban J connectivity index is 1.77. The van der Waals surface area contributed by atoms with Crippen LogP contribution in [-0.4, -0.2) is 26.2 Å². The van der Waals surface area contributed by atoms with E-state index in [4.69, 9.17) is 4.74 Å². The topological polar surface area (TPSA) is 46.5 Å². The maximum atomic E-state index is 12.4. The first-order valence-electron chi connectivity index (χ1n) is 7.46. The van der Waals surface area contributed by atoms with Gasteiger partial charge in [0.15, 0.2) is 0 Å². The lowest BCUT2D eigenvalue weighted by Crippen LogP contribution is -2.59. The molecule has 4 heteroatoms. The van der Waals surface area contributed by atoms with Crippen molar-refractivity contribution < 1.29 is 14.6 Å². The van der Waals surface area contributed by atoms with Crippen LogP contribution in [0.15, 0.2) is 0 Å². The third-order valence-electron chi connectivity index (χ3n) is 5.57. The van der Waals surface area contributed by atoms with Gasteiger partial charge in [0.25, 0.3) is 0 Å². The van der Waals surface area contributed by atoms with Gasteiger partial charge in [-0.25, -0.2) is 0 Å². The lowest BCUT2D eigenvalue weighted by molar-refractivity contribution is -0.207. The third kappa shape index (κ3) is 2.33. The molecular formula is C15H23IO3. The van der Waals surface area contributed by atoms with E-state index < -0.39 is 3.42 Å². The summed E-state index contributed by atoms with van der Waals surface area (Å²) in [7, 11) is 0. The number of esters is 1. The largest absolute Gasteiger partial charge is 0.458 e. The van der Waals surface area contributed by atoms with Crippen molar-refractivity contribution in [1.82, 2.24) is 0 Å². The van der Waals surface area contributed by atoms with Gasteiger partial charge >= 0.3 is 5.97 Å². The van der Waals surface area contributed by atoms with Crippen LogP contribution in [0.4, 0.5) is 0 Å². The molecule has 0 radical (unpaired) electrons. The average Bonchev–Trinajstić information content (AvgIpc) is 2.34. The number of hydrogen-bond acceptors (Lipinski definition) is 3. The summed E-state index contributed by atoms with van der Waals surface area (Å²) in [5.41, 5.74) is -0.256. The second-order valence-corrected chi connectivity index (χ2v) is 9.46. The fraction of sp³-hybridized carbons (Fsp3) is 0.933. The van der Waals surface area contributed by atoms with E-state index in [1.165, 1.54) is 0 Å². The average molecular weight is 378 g/mol. The van der Waals surface area contributed by atoms with Gasteiger partial charge in [0.2, 0.25) is 0 Å². The van der Waals surface area contributed by atoms with Crippen LogP contribution in [-0.2, 0) is 9.53 Å². The Hall–Kier alpha value is 0.160. The van der Waals surface area contributed by atoms with Gasteiger partial charge in [0.1, 0.15) is 9.02 Å². The summed E-state index contributed by atoms with van der Waals surface area (Å²) in [6.07, 6.45) is 5.68. The monoisotopic (exact) mass is 378 g/mol. The van der Waals surface area contributed by atoms with E-state index in [-0.39, 0.29) is 17.7 Å². The molecule has 1 N–H and O–H groups in total. The van der Waals surface area contributed by atoms with Crippen molar-refractivity contribution in [1.29, 1.82) is 0 Å². The van der Waals surface area contributed by atoms with Crippen LogP contribution < -0.4 is 0 Å². The predicted octanol–water partition coefficient (Wildman–Crippen LogP) is 3.07. The molecule has 3 nitrogen and oxygen atoms in total. The second-order valence-electron chi connectivity index (χ2n) is 7.08. The highest BCUT2D eigenvalue weighted by Crippen LogP contribution is 2.57. The molecule has 3 unspecified atom stereocenters. The molecule has 4 saturated carbocycles. The van der Waals surface area contributed by atoms with E-state index >= 15 is 0 Å². The number of hydrogen-bond donors (Lipinski definition) is 1. The molecule has 0 aromatic carbocycles. The number of alkyl halides is 1. The smallest absolute Gasteiger partial charge is 0.322 e. The van der Waals surface area contributed by atoms with Crippen LogP contribution in [0.25, 0.3) is 0 Å². The number of aliphatic hydroxyl groups is 1. The van der Waals surface area contributed by atoms with Gasteiger partial charge in [0.05, 0.1) is 6.10 Å². The Morgan fingerprint density at radius 1 is 1.37 bits per heavy atom. The SMILES string of the molecule is CCC(C)(I)C(=O)OC12CC3CC(C1)C(O)C(C3)C2. The van der Waals surface area contributed by atoms with E-state index in [0.717, 1.165) is 38.5 Å². The molecule has 0 saturated heterocycles. The molecule has 108 valence electrons. The summed E-state index contributed by atoms with van der Waals surface area (Å²) in [6, 6.07) is 0. The van der Waals surface area contributed by atoms with Crippen LogP contribution >= 0.6 is 22.6 Å². The first-order chi connectivity index (χ1) is 8.85. The number of ether oxygens (including phenoxy) is 1. The summed E-state index contributed by atoms with van der Waals surface area (Å²) in [5, 5.41) is 10.2. The molecule has 3 atom stereocenters. The molecule has 4 rings (SSSR count). The molecule has 4 aliphatic rings. The van der Waals surface area contributed by atoms with E-state index in [1.807, 2.05) is 13.8 Å². The van der Waals surface area contributed by atoms with Gasteiger partial charge in [-0.2, -0.15) is 0 Å². The highest BCUT2D eigenvalue weighted by molar-refractivity contribution is 14.1. The molecule has 0 heterocycles. The highest BCUT2D eigenvalue weighted by Gasteiger charge is 2.57. The molecule has 0 aliphatic heterocycles. The minimum Gasteiger partial charge on any atom is -0.458 e. The van der Waals surface area contributed by atoms with Gasteiger partial charge in [-0.05, 0) is 63.2 Å². The van der Waals surface area contributed by atoms with E-state index in [1.54, 1.807) is 0 Å². The number of aliphatic hydroxyl groups excluding tert-OH is 1. The van der Waals surface area contributed by atoms with Crippen molar-refractivity contribution in [2.45, 2.75) is 67.5 Å². The van der Waals surface area contributed by atoms with Crippen molar-refractivity contribution in [3.63, 3.8) is 0 Å². The van der Waals surface area contributed by atoms with Gasteiger partial charge in [-0.3, -0.25) is 4.79 Å². The zero-order valence-corrected chi connectivity index (χ0v) is 13.9. The van der Waals surface area contributed by atoms with Crippen molar-refractivity contribution in [3.8, 4) is 0 Å². The standard InChI is InChI=1S/C15H23IO3/c1-3-14(2,16)13(18)19-15-6-9-4-10(7-15)12(17)11(5-9)8-15/h9-12,17H,3-8H2,1-2H3. The first kappa shape index (κ1) is 14.1. The summed E-state index contributed by atoms with van der Waals surface area (Å²) in [5.74, 6) is 1.32. The highest BCUT2D eigenvalue weighted by atomic mass is 127. The molecular weight excluding hydrogens is 355 g/mol. The molecule has 0 aromatic heterocycles. The van der Waals surface area contributed by atoms with Gasteiger partial charge < -0.3 is 9.84 Å². The Morgan fingerprint density at radius 2 is 1.95 bits per heavy atom. The Kier molecular flexibility index (Phi) is 3.40. The molecule has 0 amide bonds. The predicted molar refractivity (Wildman–Crippen MR) is 81.1 cm³/mol. The summed E-state index contributed by atoms with van der Waals surface area (Å²) in [4.78, 5) is 12.4. The summed E-state index contributed by atoms with van der Waals surface area (Å²) in [6.45, 7) is 3.97. The first-order valence-corrected chi connectivity index (χ1v) is 8.53. The van der Waals surface area contributed by atoms with E-state index in [0.29, 0.717) is 17.8 Å². The second kappa shape index (κ2) is 4.58. The minimum absolute atomic E-state index is 0.0629. The fourth-order valence-electron chi connectivity index (χ4n) is 4.50. The minimum atomic E-state index is -0.417. The normalized spacial score (nSPS) is 46.9. The van der Waals surface area contributed by atoms with Gasteiger partial charge in [-0.1, -0.05) is 29.5 Å². The number of carbonyl (C=O) groups is 1. The Morgan fingerprint density at radius 3 is 2.47 bits per heavy atom. The molecule has 4 bridgehead atoms. The van der Waals surface area contributed by atoms with E-state index in [2.05, 4.69) is 22.6 Å². The quantitative estimate of drug-likeness (QED) is 0.467. The van der Waals surface area contributed by atoms with Crippen LogP contribution in [0.2, 0.25) is 0 Å². The zero-order chi connectivity index (χ0) is 13.8. The molecule has 19 heavy (non-hydrogen) atoms. The number of rotatable bonds is 3. The zero-order valence-electron chi connectivity index (χ0n) is 11.7. The molecule has 4 aliphatic carbocycles. The van der Waals surface area contributed by atoms with Crippen molar-refractivity contribution in [3.05, 3.63) is 0 Å². The van der Waals surface area contributed by atoms with Crippen molar-refractivity contribution in [2.24, 2.45) is 17.8 Å². The molecule has 0 spiro atoms. The Bertz CT molecular complexity index is 377. The van der Waals surface area contributed by atoms with Crippen LogP contribution in [0.3, 0.4) is 0 Å². The molecule has 4 fully saturated rings. The number of halogens is 1. The number of carbonyl (C=O) groups excluding carboxylic acids is 1. The van der Waals surface area contributed by atoms with Crippen LogP contribution in [0, 0.1) is 17.8 Å². The van der Waals surface area contributed by atoms with Gasteiger partial charge in [-0.15, -0.1) is 0 Å². The Labute approximate surface area is 128 Å². The summed E-state index contributed by atoms with van der Waals surface area (Å²) >= 11 is 2.20.